The topological polar surface area (TPSA) is 95.0 Å². The number of fused-ring (bicyclic) bond motifs is 1. The zero-order chi connectivity index (χ0) is 22.8. The first-order valence-electron chi connectivity index (χ1n) is 9.75. The summed E-state index contributed by atoms with van der Waals surface area (Å²) in [7, 11) is 0. The van der Waals surface area contributed by atoms with Gasteiger partial charge in [0.05, 0.1) is 29.9 Å². The molecule has 11 heteroatoms. The normalized spacial score (nSPS) is 11.2. The molecule has 0 bridgehead atoms. The number of aryl methyl sites for hydroxylation is 2. The van der Waals surface area contributed by atoms with Crippen molar-refractivity contribution in [3.63, 3.8) is 0 Å². The van der Waals surface area contributed by atoms with Crippen LogP contribution in [-0.2, 0) is 17.9 Å². The van der Waals surface area contributed by atoms with Gasteiger partial charge in [-0.3, -0.25) is 18.8 Å². The lowest BCUT2D eigenvalue weighted by molar-refractivity contribution is -0.113. The van der Waals surface area contributed by atoms with Crippen LogP contribution < -0.4 is 10.9 Å². The molecule has 0 aliphatic rings. The highest BCUT2D eigenvalue weighted by Crippen LogP contribution is 2.23. The van der Waals surface area contributed by atoms with Crippen LogP contribution in [0.1, 0.15) is 18.4 Å². The molecule has 166 valence electrons. The maximum absolute atomic E-state index is 14.0. The molecule has 0 unspecified atom stereocenters. The summed E-state index contributed by atoms with van der Waals surface area (Å²) in [4.78, 5) is 30.4. The van der Waals surface area contributed by atoms with Crippen molar-refractivity contribution < 1.29 is 13.6 Å². The van der Waals surface area contributed by atoms with Gasteiger partial charge in [0.15, 0.2) is 10.7 Å². The highest BCUT2D eigenvalue weighted by atomic mass is 35.5. The Bertz CT molecular complexity index is 1350. The van der Waals surface area contributed by atoms with Crippen LogP contribution in [-0.4, -0.2) is 31.0 Å². The highest BCUT2D eigenvalue weighted by molar-refractivity contribution is 7.99. The minimum atomic E-state index is -0.632. The fourth-order valence-electron chi connectivity index (χ4n) is 3.23. The van der Waals surface area contributed by atoms with Gasteiger partial charge in [0.1, 0.15) is 17.1 Å². The predicted molar refractivity (Wildman–Crippen MR) is 121 cm³/mol. The van der Waals surface area contributed by atoms with E-state index in [1.54, 1.807) is 23.7 Å². The van der Waals surface area contributed by atoms with Crippen molar-refractivity contribution >= 4 is 46.0 Å². The minimum absolute atomic E-state index is 0.0245. The van der Waals surface area contributed by atoms with E-state index in [-0.39, 0.29) is 28.6 Å². The fraction of sp³-hybridized carbons (Fsp3) is 0.238. The summed E-state index contributed by atoms with van der Waals surface area (Å²) < 4.78 is 22.4. The van der Waals surface area contributed by atoms with Gasteiger partial charge in [0.25, 0.3) is 5.56 Å². The van der Waals surface area contributed by atoms with Crippen LogP contribution in [0.3, 0.4) is 0 Å². The van der Waals surface area contributed by atoms with Crippen LogP contribution in [0.2, 0.25) is 5.02 Å². The molecular weight excluding hydrogens is 457 g/mol. The summed E-state index contributed by atoms with van der Waals surface area (Å²) in [6.07, 6.45) is 1.52. The number of benzene rings is 1. The molecule has 0 aliphatic carbocycles. The first kappa shape index (κ1) is 22.1. The number of thioether (sulfide) groups is 1. The van der Waals surface area contributed by atoms with E-state index in [1.807, 2.05) is 6.92 Å². The average molecular weight is 476 g/mol. The molecule has 1 N–H and O–H groups in total. The Hall–Kier alpha value is -3.11. The number of aromatic nitrogens is 4. The maximum Gasteiger partial charge on any atom is 0.280 e. The number of carbonyl (C=O) groups excluding carboxylic acids is 1. The number of nitrogens with one attached hydrogen (secondary N) is 1. The van der Waals surface area contributed by atoms with Gasteiger partial charge in [0.2, 0.25) is 5.91 Å². The van der Waals surface area contributed by atoms with Gasteiger partial charge in [-0.1, -0.05) is 23.4 Å². The quantitative estimate of drug-likeness (QED) is 0.319. The molecule has 0 fully saturated rings. The largest absolute Gasteiger partial charge is 0.467 e. The number of nitrogens with zero attached hydrogens (tertiary/aromatic N) is 4. The zero-order valence-corrected chi connectivity index (χ0v) is 18.8. The van der Waals surface area contributed by atoms with Crippen LogP contribution in [0.15, 0.2) is 51.0 Å². The average Bonchev–Trinajstić information content (AvgIpc) is 3.38. The Labute approximate surface area is 191 Å². The van der Waals surface area contributed by atoms with Gasteiger partial charge >= 0.3 is 0 Å². The first-order valence-corrected chi connectivity index (χ1v) is 11.1. The molecule has 1 amide bonds. The van der Waals surface area contributed by atoms with E-state index in [2.05, 4.69) is 15.4 Å². The Morgan fingerprint density at radius 3 is 2.84 bits per heavy atom. The molecule has 4 rings (SSSR count). The van der Waals surface area contributed by atoms with E-state index in [9.17, 15) is 14.0 Å². The number of hydrogen-bond donors (Lipinski definition) is 1. The van der Waals surface area contributed by atoms with Crippen molar-refractivity contribution in [1.29, 1.82) is 0 Å². The second-order valence-corrected chi connectivity index (χ2v) is 8.30. The summed E-state index contributed by atoms with van der Waals surface area (Å²) in [5.74, 6) is -0.593. The Morgan fingerprint density at radius 2 is 2.16 bits per heavy atom. The lowest BCUT2D eigenvalue weighted by atomic mass is 10.3. The van der Waals surface area contributed by atoms with E-state index < -0.39 is 11.7 Å². The summed E-state index contributed by atoms with van der Waals surface area (Å²) in [6, 6.07) is 7.48. The standard InChI is InChI=1S/C21H19ClFN5O3S/c1-3-28-19-18(12(2)26-28)25-21(27(20(19)30)10-14-5-4-8-31-14)32-11-17(29)24-16-7-6-13(22)9-15(16)23/h4-9H,3,10-11H2,1-2H3,(H,24,29). The number of anilines is 1. The third-order valence-corrected chi connectivity index (χ3v) is 5.92. The van der Waals surface area contributed by atoms with Crippen LogP contribution in [0.5, 0.6) is 0 Å². The monoisotopic (exact) mass is 475 g/mol. The van der Waals surface area contributed by atoms with Crippen LogP contribution in [0.25, 0.3) is 11.0 Å². The van der Waals surface area contributed by atoms with Crippen LogP contribution >= 0.6 is 23.4 Å². The molecule has 3 aromatic heterocycles. The smallest absolute Gasteiger partial charge is 0.280 e. The summed E-state index contributed by atoms with van der Waals surface area (Å²) >= 11 is 6.82. The predicted octanol–water partition coefficient (Wildman–Crippen LogP) is 4.09. The van der Waals surface area contributed by atoms with Crippen LogP contribution in [0, 0.1) is 12.7 Å². The SMILES string of the molecule is CCn1nc(C)c2nc(SCC(=O)Nc3ccc(Cl)cc3F)n(Cc3ccco3)c(=O)c21. The van der Waals surface area contributed by atoms with Gasteiger partial charge in [-0.05, 0) is 44.2 Å². The second kappa shape index (κ2) is 9.17. The molecule has 8 nitrogen and oxygen atoms in total. The molecule has 3 heterocycles. The van der Waals surface area contributed by atoms with E-state index >= 15 is 0 Å². The van der Waals surface area contributed by atoms with E-state index in [4.69, 9.17) is 16.0 Å². The molecule has 0 aliphatic heterocycles. The zero-order valence-electron chi connectivity index (χ0n) is 17.3. The minimum Gasteiger partial charge on any atom is -0.467 e. The van der Waals surface area contributed by atoms with E-state index in [0.717, 1.165) is 17.8 Å². The Balaban J connectivity index is 1.65. The molecule has 0 saturated carbocycles. The lowest BCUT2D eigenvalue weighted by Crippen LogP contribution is -2.26. The van der Waals surface area contributed by atoms with E-state index in [1.165, 1.54) is 23.0 Å². The molecule has 0 spiro atoms. The molecular formula is C21H19ClFN5O3S. The van der Waals surface area contributed by atoms with Gasteiger partial charge < -0.3 is 9.73 Å². The van der Waals surface area contributed by atoms with Gasteiger partial charge in [0, 0.05) is 11.6 Å². The maximum atomic E-state index is 14.0. The highest BCUT2D eigenvalue weighted by Gasteiger charge is 2.20. The Kier molecular flexibility index (Phi) is 6.33. The van der Waals surface area contributed by atoms with Crippen LogP contribution in [0.4, 0.5) is 10.1 Å². The molecule has 0 saturated heterocycles. The molecule has 32 heavy (non-hydrogen) atoms. The number of carbonyl (C=O) groups is 1. The van der Waals surface area contributed by atoms with Crippen molar-refractivity contribution in [3.8, 4) is 0 Å². The number of furan rings is 1. The lowest BCUT2D eigenvalue weighted by Gasteiger charge is -2.12. The summed E-state index contributed by atoms with van der Waals surface area (Å²) in [6.45, 7) is 4.34. The second-order valence-electron chi connectivity index (χ2n) is 6.92. The molecule has 0 atom stereocenters. The van der Waals surface area contributed by atoms with Gasteiger partial charge in [-0.2, -0.15) is 5.10 Å². The van der Waals surface area contributed by atoms with E-state index in [0.29, 0.717) is 34.2 Å². The third-order valence-electron chi connectivity index (χ3n) is 4.71. The molecule has 4 aromatic rings. The van der Waals surface area contributed by atoms with Crippen molar-refractivity contribution in [1.82, 2.24) is 19.3 Å². The summed E-state index contributed by atoms with van der Waals surface area (Å²) in [5, 5.41) is 7.47. The first-order chi connectivity index (χ1) is 15.4. The number of amides is 1. The number of hydrogen-bond acceptors (Lipinski definition) is 6. The Morgan fingerprint density at radius 1 is 1.34 bits per heavy atom. The van der Waals surface area contributed by atoms with Crippen molar-refractivity contribution in [2.45, 2.75) is 32.1 Å². The molecule has 0 radical (unpaired) electrons. The van der Waals surface area contributed by atoms with Crippen molar-refractivity contribution in [3.05, 3.63) is 69.2 Å². The third kappa shape index (κ3) is 4.42. The number of rotatable bonds is 7. The molecule has 1 aromatic carbocycles. The van der Waals surface area contributed by atoms with Gasteiger partial charge in [-0.15, -0.1) is 0 Å². The van der Waals surface area contributed by atoms with Crippen molar-refractivity contribution in [2.75, 3.05) is 11.1 Å². The van der Waals surface area contributed by atoms with Gasteiger partial charge in [-0.25, -0.2) is 9.37 Å². The number of halogens is 2. The fourth-order valence-corrected chi connectivity index (χ4v) is 4.18. The van der Waals surface area contributed by atoms with Crippen molar-refractivity contribution in [2.24, 2.45) is 0 Å². The summed E-state index contributed by atoms with van der Waals surface area (Å²) in [5.41, 5.74) is 1.25.